The van der Waals surface area contributed by atoms with Gasteiger partial charge in [0.1, 0.15) is 0 Å². The summed E-state index contributed by atoms with van der Waals surface area (Å²) in [6, 6.07) is 5.89. The van der Waals surface area contributed by atoms with E-state index in [0.29, 0.717) is 6.04 Å². The van der Waals surface area contributed by atoms with Gasteiger partial charge in [0.05, 0.1) is 9.83 Å². The van der Waals surface area contributed by atoms with Crippen LogP contribution in [-0.4, -0.2) is 23.5 Å². The third-order valence-electron chi connectivity index (χ3n) is 4.57. The van der Waals surface area contributed by atoms with Gasteiger partial charge in [-0.05, 0) is 59.7 Å². The molecule has 4 atom stereocenters. The molecule has 4 unspecified atom stereocenters. The van der Waals surface area contributed by atoms with Gasteiger partial charge < -0.3 is 5.73 Å². The Morgan fingerprint density at radius 3 is 2.83 bits per heavy atom. The topological polar surface area (TPSA) is 29.3 Å². The van der Waals surface area contributed by atoms with E-state index in [4.69, 9.17) is 5.73 Å². The van der Waals surface area contributed by atoms with Crippen LogP contribution in [0, 0.1) is 5.92 Å². The molecule has 2 fully saturated rings. The van der Waals surface area contributed by atoms with Gasteiger partial charge in [-0.3, -0.25) is 4.90 Å². The van der Waals surface area contributed by atoms with Gasteiger partial charge in [-0.15, -0.1) is 11.3 Å². The van der Waals surface area contributed by atoms with Crippen LogP contribution in [0.15, 0.2) is 15.9 Å². The molecule has 0 amide bonds. The zero-order valence-corrected chi connectivity index (χ0v) is 13.2. The summed E-state index contributed by atoms with van der Waals surface area (Å²) < 4.78 is 1.22. The number of nitrogens with two attached hydrogens (primary N) is 1. The van der Waals surface area contributed by atoms with Crippen LogP contribution >= 0.6 is 27.3 Å². The number of hydrogen-bond acceptors (Lipinski definition) is 3. The fraction of sp³-hybridized carbons (Fsp3) is 0.714. The van der Waals surface area contributed by atoms with Crippen LogP contribution < -0.4 is 5.73 Å². The lowest BCUT2D eigenvalue weighted by molar-refractivity contribution is 0.129. The monoisotopic (exact) mass is 328 g/mol. The van der Waals surface area contributed by atoms with Crippen molar-refractivity contribution in [2.24, 2.45) is 11.7 Å². The minimum Gasteiger partial charge on any atom is -0.326 e. The van der Waals surface area contributed by atoms with E-state index < -0.39 is 0 Å². The molecule has 2 heterocycles. The van der Waals surface area contributed by atoms with E-state index in [2.05, 4.69) is 39.9 Å². The third-order valence-corrected chi connectivity index (χ3v) is 6.27. The van der Waals surface area contributed by atoms with Crippen molar-refractivity contribution in [2.75, 3.05) is 6.54 Å². The molecule has 1 saturated heterocycles. The molecule has 1 aliphatic carbocycles. The van der Waals surface area contributed by atoms with Crippen LogP contribution in [-0.2, 0) is 0 Å². The highest BCUT2D eigenvalue weighted by Crippen LogP contribution is 2.44. The van der Waals surface area contributed by atoms with E-state index in [0.717, 1.165) is 18.4 Å². The summed E-state index contributed by atoms with van der Waals surface area (Å²) in [6.45, 7) is 3.47. The minimum absolute atomic E-state index is 0.259. The standard InChI is InChI=1S/C14H21BrN2S/c1-2-11(16)14(12-5-6-13(15)18-12)17-8-9-3-4-10(17)7-9/h5-6,9-11,14H,2-4,7-8,16H2,1H3. The predicted molar refractivity (Wildman–Crippen MR) is 80.9 cm³/mol. The highest BCUT2D eigenvalue weighted by Gasteiger charge is 2.43. The number of likely N-dealkylation sites (tertiary alicyclic amines) is 1. The first-order valence-corrected chi connectivity index (χ1v) is 8.56. The normalized spacial score (nSPS) is 30.8. The second-order valence-corrected chi connectivity index (χ2v) is 8.18. The molecule has 0 aromatic carbocycles. The van der Waals surface area contributed by atoms with E-state index in [1.807, 2.05) is 11.3 Å². The zero-order valence-electron chi connectivity index (χ0n) is 10.8. The van der Waals surface area contributed by atoms with Crippen LogP contribution in [0.2, 0.25) is 0 Å². The predicted octanol–water partition coefficient (Wildman–Crippen LogP) is 3.77. The number of halogens is 1. The Morgan fingerprint density at radius 2 is 2.33 bits per heavy atom. The lowest BCUT2D eigenvalue weighted by atomic mass is 10.00. The Labute approximate surface area is 122 Å². The molecular weight excluding hydrogens is 308 g/mol. The van der Waals surface area contributed by atoms with Crippen molar-refractivity contribution in [3.8, 4) is 0 Å². The van der Waals surface area contributed by atoms with E-state index in [-0.39, 0.29) is 6.04 Å². The van der Waals surface area contributed by atoms with Gasteiger partial charge in [0, 0.05) is 23.5 Å². The first-order chi connectivity index (χ1) is 8.69. The van der Waals surface area contributed by atoms with Crippen LogP contribution in [0.5, 0.6) is 0 Å². The van der Waals surface area contributed by atoms with Crippen LogP contribution in [0.25, 0.3) is 0 Å². The summed E-state index contributed by atoms with van der Waals surface area (Å²) in [5, 5.41) is 0. The van der Waals surface area contributed by atoms with Crippen molar-refractivity contribution >= 4 is 27.3 Å². The fourth-order valence-corrected chi connectivity index (χ4v) is 5.26. The lowest BCUT2D eigenvalue weighted by Crippen LogP contribution is -2.44. The van der Waals surface area contributed by atoms with Gasteiger partial charge in [-0.25, -0.2) is 0 Å². The molecule has 1 aromatic rings. The van der Waals surface area contributed by atoms with Gasteiger partial charge in [0.25, 0.3) is 0 Å². The molecular formula is C14H21BrN2S. The van der Waals surface area contributed by atoms with Gasteiger partial charge in [0.2, 0.25) is 0 Å². The molecule has 2 N–H and O–H groups in total. The van der Waals surface area contributed by atoms with Crippen molar-refractivity contribution in [3.05, 3.63) is 20.8 Å². The maximum Gasteiger partial charge on any atom is 0.0702 e. The fourth-order valence-electron chi connectivity index (χ4n) is 3.63. The molecule has 2 nitrogen and oxygen atoms in total. The summed E-state index contributed by atoms with van der Waals surface area (Å²) in [5.74, 6) is 0.935. The van der Waals surface area contributed by atoms with Crippen molar-refractivity contribution in [2.45, 2.75) is 50.7 Å². The SMILES string of the molecule is CCC(N)C(c1ccc(Br)s1)N1CC2CCC1C2. The summed E-state index contributed by atoms with van der Waals surface area (Å²) in [6.07, 6.45) is 5.26. The number of nitrogens with zero attached hydrogens (tertiary/aromatic N) is 1. The van der Waals surface area contributed by atoms with Gasteiger partial charge >= 0.3 is 0 Å². The van der Waals surface area contributed by atoms with E-state index >= 15 is 0 Å². The highest BCUT2D eigenvalue weighted by molar-refractivity contribution is 9.11. The number of thiophene rings is 1. The molecule has 0 radical (unpaired) electrons. The Bertz CT molecular complexity index is 420. The van der Waals surface area contributed by atoms with E-state index in [1.165, 1.54) is 34.5 Å². The molecule has 1 saturated carbocycles. The van der Waals surface area contributed by atoms with E-state index in [1.54, 1.807) is 0 Å². The van der Waals surface area contributed by atoms with E-state index in [9.17, 15) is 0 Å². The molecule has 1 aliphatic heterocycles. The third kappa shape index (κ3) is 2.28. The Balaban J connectivity index is 1.86. The Morgan fingerprint density at radius 1 is 1.50 bits per heavy atom. The van der Waals surface area contributed by atoms with Crippen molar-refractivity contribution in [3.63, 3.8) is 0 Å². The van der Waals surface area contributed by atoms with Crippen LogP contribution in [0.4, 0.5) is 0 Å². The summed E-state index contributed by atoms with van der Waals surface area (Å²) in [5.41, 5.74) is 6.42. The first kappa shape index (κ1) is 13.1. The largest absolute Gasteiger partial charge is 0.326 e. The van der Waals surface area contributed by atoms with Crippen LogP contribution in [0.3, 0.4) is 0 Å². The first-order valence-electron chi connectivity index (χ1n) is 6.95. The average molecular weight is 329 g/mol. The number of hydrogen-bond donors (Lipinski definition) is 1. The smallest absolute Gasteiger partial charge is 0.0702 e. The van der Waals surface area contributed by atoms with Gasteiger partial charge in [0.15, 0.2) is 0 Å². The van der Waals surface area contributed by atoms with Crippen molar-refractivity contribution < 1.29 is 0 Å². The second-order valence-electron chi connectivity index (χ2n) is 5.69. The molecule has 100 valence electrons. The molecule has 2 bridgehead atoms. The maximum absolute atomic E-state index is 6.42. The molecule has 2 aliphatic rings. The summed E-state index contributed by atoms with van der Waals surface area (Å²) in [4.78, 5) is 4.13. The molecule has 3 rings (SSSR count). The molecule has 1 aromatic heterocycles. The van der Waals surface area contributed by atoms with Gasteiger partial charge in [-0.1, -0.05) is 6.92 Å². The molecule has 4 heteroatoms. The maximum atomic E-state index is 6.42. The summed E-state index contributed by atoms with van der Waals surface area (Å²) in [7, 11) is 0. The van der Waals surface area contributed by atoms with Crippen molar-refractivity contribution in [1.29, 1.82) is 0 Å². The molecule has 18 heavy (non-hydrogen) atoms. The number of fused-ring (bicyclic) bond motifs is 2. The van der Waals surface area contributed by atoms with Gasteiger partial charge in [-0.2, -0.15) is 0 Å². The lowest BCUT2D eigenvalue weighted by Gasteiger charge is -2.37. The highest BCUT2D eigenvalue weighted by atomic mass is 79.9. The zero-order chi connectivity index (χ0) is 12.7. The quantitative estimate of drug-likeness (QED) is 0.911. The number of rotatable bonds is 4. The number of piperidine rings is 1. The molecule has 0 spiro atoms. The van der Waals surface area contributed by atoms with Crippen LogP contribution in [0.1, 0.15) is 43.5 Å². The Kier molecular flexibility index (Phi) is 3.81. The minimum atomic E-state index is 0.259. The van der Waals surface area contributed by atoms with Crippen molar-refractivity contribution in [1.82, 2.24) is 4.90 Å². The average Bonchev–Trinajstić information content (AvgIpc) is 3.06. The summed E-state index contributed by atoms with van der Waals surface area (Å²) >= 11 is 5.43. The Hall–Kier alpha value is 0.1000. The second kappa shape index (κ2) is 5.23.